The van der Waals surface area contributed by atoms with Crippen molar-refractivity contribution in [3.8, 4) is 0 Å². The Bertz CT molecular complexity index is 281. The lowest BCUT2D eigenvalue weighted by Gasteiger charge is -2.24. The zero-order valence-electron chi connectivity index (χ0n) is 9.12. The fraction of sp³-hybridized carbons (Fsp3) is 0.778. The van der Waals surface area contributed by atoms with Crippen LogP contribution in [0.15, 0.2) is 0 Å². The molecule has 3 atom stereocenters. The molecular weight excluding hydrogens is 218 g/mol. The van der Waals surface area contributed by atoms with E-state index in [1.54, 1.807) is 6.92 Å². The van der Waals surface area contributed by atoms with E-state index in [1.807, 2.05) is 0 Å². The second kappa shape index (κ2) is 5.13. The number of ether oxygens (including phenoxy) is 2. The zero-order chi connectivity index (χ0) is 12.3. The van der Waals surface area contributed by atoms with Crippen molar-refractivity contribution in [2.24, 2.45) is 0 Å². The summed E-state index contributed by atoms with van der Waals surface area (Å²) in [5.74, 6) is -0.691. The quantitative estimate of drug-likeness (QED) is 0.598. The molecule has 1 unspecified atom stereocenters. The molecule has 0 aliphatic carbocycles. The molecule has 0 radical (unpaired) electrons. The number of aliphatic hydroxyl groups is 2. The molecule has 0 aromatic rings. The van der Waals surface area contributed by atoms with Gasteiger partial charge < -0.3 is 19.7 Å². The summed E-state index contributed by atoms with van der Waals surface area (Å²) in [6, 6.07) is -1.01. The molecule has 1 saturated heterocycles. The maximum Gasteiger partial charge on any atom is 0.412 e. The molecule has 0 aromatic carbocycles. The van der Waals surface area contributed by atoms with E-state index in [2.05, 4.69) is 9.47 Å². The van der Waals surface area contributed by atoms with Crippen LogP contribution in [-0.4, -0.2) is 59.3 Å². The highest BCUT2D eigenvalue weighted by Crippen LogP contribution is 2.24. The summed E-state index contributed by atoms with van der Waals surface area (Å²) in [6.45, 7) is 1.72. The molecular formula is C9H15NO6. The molecule has 2 N–H and O–H groups in total. The van der Waals surface area contributed by atoms with E-state index in [-0.39, 0.29) is 13.0 Å². The third-order valence-electron chi connectivity index (χ3n) is 2.38. The van der Waals surface area contributed by atoms with Gasteiger partial charge in [-0.15, -0.1) is 0 Å². The molecule has 0 spiro atoms. The minimum Gasteiger partial charge on any atom is -0.467 e. The molecule has 7 heteroatoms. The first-order valence-electron chi connectivity index (χ1n) is 4.92. The van der Waals surface area contributed by atoms with Gasteiger partial charge in [0.25, 0.3) is 0 Å². The molecule has 0 aromatic heterocycles. The smallest absolute Gasteiger partial charge is 0.412 e. The standard InChI is InChI=1S/C9H15NO6/c1-3-16-9(14)10-5(8(13)15-2)4-6(11)7(10)12/h5-7,11-12H,3-4H2,1-2H3/t5-,6+,7?/m0/s1. The number of carbonyl (C=O) groups is 2. The fourth-order valence-electron chi connectivity index (χ4n) is 1.61. The van der Waals surface area contributed by atoms with Crippen LogP contribution in [0.5, 0.6) is 0 Å². The molecule has 1 rings (SSSR count). The summed E-state index contributed by atoms with van der Waals surface area (Å²) in [4.78, 5) is 23.6. The van der Waals surface area contributed by atoms with E-state index in [9.17, 15) is 19.8 Å². The average molecular weight is 233 g/mol. The van der Waals surface area contributed by atoms with Gasteiger partial charge in [0, 0.05) is 6.42 Å². The predicted octanol–water partition coefficient (Wildman–Crippen LogP) is -0.931. The summed E-state index contributed by atoms with van der Waals surface area (Å²) < 4.78 is 9.16. The highest BCUT2D eigenvalue weighted by molar-refractivity contribution is 5.82. The summed E-state index contributed by atoms with van der Waals surface area (Å²) in [7, 11) is 1.17. The van der Waals surface area contributed by atoms with Crippen LogP contribution in [-0.2, 0) is 14.3 Å². The van der Waals surface area contributed by atoms with Gasteiger partial charge in [-0.25, -0.2) is 9.59 Å². The van der Waals surface area contributed by atoms with Crippen LogP contribution in [0.25, 0.3) is 0 Å². The Morgan fingerprint density at radius 3 is 2.56 bits per heavy atom. The number of likely N-dealkylation sites (tertiary alicyclic amines) is 1. The van der Waals surface area contributed by atoms with E-state index < -0.39 is 30.4 Å². The van der Waals surface area contributed by atoms with E-state index in [4.69, 9.17) is 0 Å². The van der Waals surface area contributed by atoms with Gasteiger partial charge in [-0.3, -0.25) is 4.90 Å². The summed E-state index contributed by atoms with van der Waals surface area (Å²) >= 11 is 0. The van der Waals surface area contributed by atoms with Gasteiger partial charge in [0.15, 0.2) is 6.23 Å². The summed E-state index contributed by atoms with van der Waals surface area (Å²) in [6.07, 6.45) is -3.52. The molecule has 1 aliphatic heterocycles. The molecule has 92 valence electrons. The molecule has 1 amide bonds. The first kappa shape index (κ1) is 12.7. The first-order valence-corrected chi connectivity index (χ1v) is 4.92. The number of rotatable bonds is 2. The van der Waals surface area contributed by atoms with E-state index in [0.29, 0.717) is 0 Å². The van der Waals surface area contributed by atoms with Gasteiger partial charge in [0.05, 0.1) is 13.7 Å². The minimum absolute atomic E-state index is 0.0628. The van der Waals surface area contributed by atoms with Crippen molar-refractivity contribution < 1.29 is 29.3 Å². The monoisotopic (exact) mass is 233 g/mol. The molecule has 7 nitrogen and oxygen atoms in total. The Balaban J connectivity index is 2.83. The lowest BCUT2D eigenvalue weighted by Crippen LogP contribution is -2.46. The third kappa shape index (κ3) is 2.25. The maximum atomic E-state index is 11.5. The summed E-state index contributed by atoms with van der Waals surface area (Å²) in [5.41, 5.74) is 0. The Labute approximate surface area is 92.6 Å². The largest absolute Gasteiger partial charge is 0.467 e. The van der Waals surface area contributed by atoms with Crippen molar-refractivity contribution in [2.75, 3.05) is 13.7 Å². The number of esters is 1. The van der Waals surface area contributed by atoms with Crippen LogP contribution in [0.2, 0.25) is 0 Å². The van der Waals surface area contributed by atoms with Crippen LogP contribution >= 0.6 is 0 Å². The predicted molar refractivity (Wildman–Crippen MR) is 51.3 cm³/mol. The Hall–Kier alpha value is -1.34. The van der Waals surface area contributed by atoms with E-state index in [1.165, 1.54) is 7.11 Å². The maximum absolute atomic E-state index is 11.5. The van der Waals surface area contributed by atoms with Crippen molar-refractivity contribution in [3.63, 3.8) is 0 Å². The highest BCUT2D eigenvalue weighted by Gasteiger charge is 2.47. The van der Waals surface area contributed by atoms with Gasteiger partial charge in [0.2, 0.25) is 0 Å². The lowest BCUT2D eigenvalue weighted by atomic mass is 10.2. The van der Waals surface area contributed by atoms with Gasteiger partial charge >= 0.3 is 12.1 Å². The van der Waals surface area contributed by atoms with Gasteiger partial charge in [0.1, 0.15) is 12.1 Å². The number of carbonyl (C=O) groups excluding carboxylic acids is 2. The molecule has 0 saturated carbocycles. The van der Waals surface area contributed by atoms with Gasteiger partial charge in [-0.1, -0.05) is 0 Å². The SMILES string of the molecule is CCOC(=O)N1C(O)[C@H](O)C[C@H]1C(=O)OC. The second-order valence-electron chi connectivity index (χ2n) is 3.36. The van der Waals surface area contributed by atoms with Crippen molar-refractivity contribution in [2.45, 2.75) is 31.7 Å². The lowest BCUT2D eigenvalue weighted by molar-refractivity contribution is -0.147. The van der Waals surface area contributed by atoms with Crippen molar-refractivity contribution in [1.29, 1.82) is 0 Å². The number of amides is 1. The third-order valence-corrected chi connectivity index (χ3v) is 2.38. The van der Waals surface area contributed by atoms with E-state index in [0.717, 1.165) is 4.90 Å². The van der Waals surface area contributed by atoms with Crippen LogP contribution in [0.1, 0.15) is 13.3 Å². The van der Waals surface area contributed by atoms with Crippen molar-refractivity contribution in [1.82, 2.24) is 4.90 Å². The topological polar surface area (TPSA) is 96.3 Å². The normalized spacial score (nSPS) is 29.0. The molecule has 1 fully saturated rings. The molecule has 16 heavy (non-hydrogen) atoms. The van der Waals surface area contributed by atoms with Crippen LogP contribution in [0.4, 0.5) is 4.79 Å². The Morgan fingerprint density at radius 2 is 2.06 bits per heavy atom. The molecule has 0 bridgehead atoms. The van der Waals surface area contributed by atoms with Crippen LogP contribution in [0, 0.1) is 0 Å². The molecule has 1 aliphatic rings. The first-order chi connectivity index (χ1) is 7.52. The summed E-state index contributed by atoms with van der Waals surface area (Å²) in [5, 5.41) is 18.9. The minimum atomic E-state index is -1.44. The highest BCUT2D eigenvalue weighted by atomic mass is 16.6. The molecule has 1 heterocycles. The zero-order valence-corrected chi connectivity index (χ0v) is 9.12. The number of nitrogens with zero attached hydrogens (tertiary/aromatic N) is 1. The van der Waals surface area contributed by atoms with Crippen molar-refractivity contribution in [3.05, 3.63) is 0 Å². The average Bonchev–Trinajstić information content (AvgIpc) is 2.55. The number of aliphatic hydroxyl groups excluding tert-OH is 2. The Morgan fingerprint density at radius 1 is 1.44 bits per heavy atom. The van der Waals surface area contributed by atoms with Crippen LogP contribution < -0.4 is 0 Å². The number of hydrogen-bond donors (Lipinski definition) is 2. The van der Waals surface area contributed by atoms with Gasteiger partial charge in [-0.05, 0) is 6.92 Å². The van der Waals surface area contributed by atoms with E-state index >= 15 is 0 Å². The van der Waals surface area contributed by atoms with Crippen molar-refractivity contribution >= 4 is 12.1 Å². The second-order valence-corrected chi connectivity index (χ2v) is 3.36. The number of hydrogen-bond acceptors (Lipinski definition) is 6. The fourth-order valence-corrected chi connectivity index (χ4v) is 1.61. The van der Waals surface area contributed by atoms with Crippen LogP contribution in [0.3, 0.4) is 0 Å². The Kier molecular flexibility index (Phi) is 4.08. The number of methoxy groups -OCH3 is 1. The van der Waals surface area contributed by atoms with Gasteiger partial charge in [-0.2, -0.15) is 0 Å².